The second-order valence-electron chi connectivity index (χ2n) is 7.45. The van der Waals surface area contributed by atoms with Crippen LogP contribution < -0.4 is 11.1 Å². The van der Waals surface area contributed by atoms with E-state index in [4.69, 9.17) is 5.73 Å². The van der Waals surface area contributed by atoms with Gasteiger partial charge in [-0.2, -0.15) is 0 Å². The molecule has 0 fully saturated rings. The number of nitrogens with one attached hydrogen (secondary N) is 1. The largest absolute Gasteiger partial charge is 0.480 e. The number of imidazole rings is 1. The van der Waals surface area contributed by atoms with E-state index < -0.39 is 17.9 Å². The Balaban J connectivity index is 2.33. The molecule has 0 aliphatic heterocycles. The molecule has 4 N–H and O–H groups in total. The number of nitrogens with two attached hydrogens (primary N) is 1. The molecule has 0 radical (unpaired) electrons. The van der Waals surface area contributed by atoms with Crippen LogP contribution in [0.4, 0.5) is 0 Å². The minimum atomic E-state index is -1.15. The van der Waals surface area contributed by atoms with Crippen LogP contribution in [0.15, 0.2) is 12.5 Å². The number of unbranched alkanes of at least 4 members (excludes halogenated alkanes) is 8. The lowest BCUT2D eigenvalue weighted by atomic mass is 10.1. The van der Waals surface area contributed by atoms with E-state index in [1.165, 1.54) is 49.4 Å². The van der Waals surface area contributed by atoms with Crippen LogP contribution in [0.1, 0.15) is 88.0 Å². The Labute approximate surface area is 173 Å². The zero-order valence-electron chi connectivity index (χ0n) is 17.6. The maximum atomic E-state index is 12.3. The average molecular weight is 409 g/mol. The van der Waals surface area contributed by atoms with Gasteiger partial charge in [0.1, 0.15) is 12.4 Å². The Morgan fingerprint density at radius 1 is 1.07 bits per heavy atom. The molecule has 0 aliphatic carbocycles. The highest BCUT2D eigenvalue weighted by atomic mass is 16.4. The topological polar surface area (TPSA) is 127 Å². The van der Waals surface area contributed by atoms with Gasteiger partial charge in [0.15, 0.2) is 0 Å². The van der Waals surface area contributed by atoms with Crippen LogP contribution in [-0.4, -0.2) is 45.0 Å². The van der Waals surface area contributed by atoms with Crippen LogP contribution in [0.2, 0.25) is 0 Å². The standard InChI is InChI=1S/C21H36N4O4/c1-2-3-4-5-6-7-8-9-10-11-20(27)25-15-17(23-16-25)14-18(21(28)29)24-19(26)12-13-22/h15-16,18H,2-14,22H2,1H3,(H,24,26)(H,28,29). The van der Waals surface area contributed by atoms with Crippen molar-refractivity contribution < 1.29 is 19.5 Å². The number of amides is 1. The zero-order valence-corrected chi connectivity index (χ0v) is 17.6. The number of carbonyl (C=O) groups excluding carboxylic acids is 2. The van der Waals surface area contributed by atoms with Crippen molar-refractivity contribution in [3.8, 4) is 0 Å². The molecular formula is C21H36N4O4. The van der Waals surface area contributed by atoms with E-state index >= 15 is 0 Å². The molecule has 0 aliphatic rings. The number of hydrogen-bond donors (Lipinski definition) is 3. The highest BCUT2D eigenvalue weighted by molar-refractivity contribution is 5.83. The minimum Gasteiger partial charge on any atom is -0.480 e. The number of carboxylic acid groups (broad SMARTS) is 1. The summed E-state index contributed by atoms with van der Waals surface area (Å²) in [4.78, 5) is 39.3. The number of nitrogens with zero attached hydrogens (tertiary/aromatic N) is 2. The fourth-order valence-electron chi connectivity index (χ4n) is 3.13. The smallest absolute Gasteiger partial charge is 0.326 e. The molecule has 0 aromatic carbocycles. The van der Waals surface area contributed by atoms with Gasteiger partial charge in [-0.15, -0.1) is 0 Å². The molecule has 1 aromatic heterocycles. The summed E-state index contributed by atoms with van der Waals surface area (Å²) in [6, 6.07) is -1.09. The van der Waals surface area contributed by atoms with Crippen molar-refractivity contribution in [2.75, 3.05) is 6.54 Å². The van der Waals surface area contributed by atoms with Gasteiger partial charge in [-0.3, -0.25) is 14.2 Å². The van der Waals surface area contributed by atoms with E-state index in [1.54, 1.807) is 6.20 Å². The molecule has 1 aromatic rings. The minimum absolute atomic E-state index is 0.0178. The van der Waals surface area contributed by atoms with Crippen molar-refractivity contribution in [3.05, 3.63) is 18.2 Å². The Morgan fingerprint density at radius 3 is 2.28 bits per heavy atom. The first kappa shape index (κ1) is 24.8. The second-order valence-corrected chi connectivity index (χ2v) is 7.45. The molecule has 8 heteroatoms. The molecule has 1 amide bonds. The van der Waals surface area contributed by atoms with Crippen molar-refractivity contribution in [2.45, 2.75) is 90.0 Å². The number of aromatic nitrogens is 2. The van der Waals surface area contributed by atoms with Gasteiger partial charge in [-0.05, 0) is 6.42 Å². The monoisotopic (exact) mass is 408 g/mol. The Hall–Kier alpha value is -2.22. The maximum absolute atomic E-state index is 12.3. The summed E-state index contributed by atoms with van der Waals surface area (Å²) in [6.07, 6.45) is 14.2. The number of aliphatic carboxylic acids is 1. The van der Waals surface area contributed by atoms with Gasteiger partial charge in [-0.1, -0.05) is 58.3 Å². The van der Waals surface area contributed by atoms with E-state index in [9.17, 15) is 19.5 Å². The van der Waals surface area contributed by atoms with Crippen LogP contribution in [-0.2, 0) is 16.0 Å². The average Bonchev–Trinajstić information content (AvgIpc) is 3.15. The first-order chi connectivity index (χ1) is 14.0. The van der Waals surface area contributed by atoms with Crippen molar-refractivity contribution in [1.29, 1.82) is 0 Å². The van der Waals surface area contributed by atoms with Crippen molar-refractivity contribution >= 4 is 17.8 Å². The lowest BCUT2D eigenvalue weighted by Gasteiger charge is -2.12. The van der Waals surface area contributed by atoms with Crippen LogP contribution in [0, 0.1) is 0 Å². The molecule has 0 saturated heterocycles. The highest BCUT2D eigenvalue weighted by Gasteiger charge is 2.21. The molecule has 1 atom stereocenters. The summed E-state index contributed by atoms with van der Waals surface area (Å²) < 4.78 is 1.40. The molecular weight excluding hydrogens is 372 g/mol. The van der Waals surface area contributed by atoms with E-state index in [2.05, 4.69) is 17.2 Å². The summed E-state index contributed by atoms with van der Waals surface area (Å²) in [5.74, 6) is -1.61. The second kappa shape index (κ2) is 14.7. The molecule has 0 saturated carbocycles. The number of rotatable bonds is 16. The zero-order chi connectivity index (χ0) is 21.5. The molecule has 164 valence electrons. The predicted molar refractivity (Wildman–Crippen MR) is 112 cm³/mol. The van der Waals surface area contributed by atoms with Gasteiger partial charge >= 0.3 is 5.97 Å². The van der Waals surface area contributed by atoms with Gasteiger partial charge in [-0.25, -0.2) is 9.78 Å². The van der Waals surface area contributed by atoms with Gasteiger partial charge in [0.2, 0.25) is 11.8 Å². The third-order valence-corrected chi connectivity index (χ3v) is 4.84. The quantitative estimate of drug-likeness (QED) is 0.361. The summed E-state index contributed by atoms with van der Waals surface area (Å²) in [7, 11) is 0. The van der Waals surface area contributed by atoms with E-state index in [1.807, 2.05) is 0 Å². The summed E-state index contributed by atoms with van der Waals surface area (Å²) in [6.45, 7) is 2.37. The lowest BCUT2D eigenvalue weighted by Crippen LogP contribution is -2.42. The number of carboxylic acids is 1. The fourth-order valence-corrected chi connectivity index (χ4v) is 3.13. The third-order valence-electron chi connectivity index (χ3n) is 4.84. The molecule has 8 nitrogen and oxygen atoms in total. The molecule has 29 heavy (non-hydrogen) atoms. The van der Waals surface area contributed by atoms with Crippen LogP contribution in [0.3, 0.4) is 0 Å². The van der Waals surface area contributed by atoms with Crippen molar-refractivity contribution in [2.24, 2.45) is 5.73 Å². The number of hydrogen-bond acceptors (Lipinski definition) is 5. The van der Waals surface area contributed by atoms with Crippen LogP contribution in [0.25, 0.3) is 0 Å². The van der Waals surface area contributed by atoms with Gasteiger partial charge in [0.25, 0.3) is 0 Å². The fraction of sp³-hybridized carbons (Fsp3) is 0.714. The van der Waals surface area contributed by atoms with Crippen LogP contribution >= 0.6 is 0 Å². The molecule has 1 unspecified atom stereocenters. The molecule has 0 spiro atoms. The Bertz CT molecular complexity index is 630. The van der Waals surface area contributed by atoms with Gasteiger partial charge in [0.05, 0.1) is 5.69 Å². The lowest BCUT2D eigenvalue weighted by molar-refractivity contribution is -0.141. The molecule has 1 heterocycles. The molecule has 0 bridgehead atoms. The van der Waals surface area contributed by atoms with Crippen molar-refractivity contribution in [3.63, 3.8) is 0 Å². The van der Waals surface area contributed by atoms with Crippen molar-refractivity contribution in [1.82, 2.24) is 14.9 Å². The Morgan fingerprint density at radius 2 is 1.69 bits per heavy atom. The SMILES string of the molecule is CCCCCCCCCCCC(=O)n1cnc(CC(NC(=O)CCN)C(=O)O)c1. The predicted octanol–water partition coefficient (Wildman–Crippen LogP) is 2.90. The van der Waals surface area contributed by atoms with Crippen LogP contribution in [0.5, 0.6) is 0 Å². The van der Waals surface area contributed by atoms with Gasteiger partial charge < -0.3 is 16.2 Å². The highest BCUT2D eigenvalue weighted by Crippen LogP contribution is 2.11. The summed E-state index contributed by atoms with van der Waals surface area (Å²) in [5, 5.41) is 11.7. The molecule has 1 rings (SSSR count). The first-order valence-electron chi connectivity index (χ1n) is 10.8. The Kier molecular flexibility index (Phi) is 12.6. The van der Waals surface area contributed by atoms with E-state index in [0.29, 0.717) is 12.1 Å². The van der Waals surface area contributed by atoms with E-state index in [-0.39, 0.29) is 25.3 Å². The normalized spacial score (nSPS) is 11.9. The third kappa shape index (κ3) is 10.8. The number of carbonyl (C=O) groups is 3. The maximum Gasteiger partial charge on any atom is 0.326 e. The summed E-state index contributed by atoms with van der Waals surface area (Å²) in [5.41, 5.74) is 5.75. The van der Waals surface area contributed by atoms with E-state index in [0.717, 1.165) is 19.3 Å². The first-order valence-corrected chi connectivity index (χ1v) is 10.8. The van der Waals surface area contributed by atoms with Gasteiger partial charge in [0, 0.05) is 32.0 Å². The summed E-state index contributed by atoms with van der Waals surface area (Å²) >= 11 is 0.